The van der Waals surface area contributed by atoms with Gasteiger partial charge < -0.3 is 15.4 Å². The molecule has 0 bridgehead atoms. The molecule has 2 heterocycles. The van der Waals surface area contributed by atoms with Gasteiger partial charge in [0.2, 0.25) is 0 Å². The van der Waals surface area contributed by atoms with E-state index in [0.29, 0.717) is 13.1 Å². The SMILES string of the molecule is CO[C@H]1CN(C(=N)N)C[C@H]1n1cccn1. The molecule has 0 aromatic carbocycles. The van der Waals surface area contributed by atoms with Gasteiger partial charge in [-0.1, -0.05) is 0 Å². The Bertz CT molecular complexity index is 336. The number of hydrogen-bond acceptors (Lipinski definition) is 3. The van der Waals surface area contributed by atoms with Crippen LogP contribution in [0, 0.1) is 5.41 Å². The second-order valence-corrected chi connectivity index (χ2v) is 3.62. The summed E-state index contributed by atoms with van der Waals surface area (Å²) in [7, 11) is 1.67. The quantitative estimate of drug-likeness (QED) is 0.515. The minimum atomic E-state index is 0.0359. The molecular weight excluding hydrogens is 194 g/mol. The van der Waals surface area contributed by atoms with Crippen LogP contribution in [0.15, 0.2) is 18.5 Å². The molecule has 82 valence electrons. The van der Waals surface area contributed by atoms with Crippen LogP contribution in [0.3, 0.4) is 0 Å². The minimum absolute atomic E-state index is 0.0359. The molecule has 3 N–H and O–H groups in total. The molecule has 0 aliphatic carbocycles. The third-order valence-electron chi connectivity index (χ3n) is 2.75. The van der Waals surface area contributed by atoms with Crippen LogP contribution in [0.25, 0.3) is 0 Å². The summed E-state index contributed by atoms with van der Waals surface area (Å²) in [4.78, 5) is 1.79. The normalized spacial score (nSPS) is 25.8. The third-order valence-corrected chi connectivity index (χ3v) is 2.75. The second-order valence-electron chi connectivity index (χ2n) is 3.62. The lowest BCUT2D eigenvalue weighted by Crippen LogP contribution is -2.35. The number of rotatable bonds is 2. The number of aromatic nitrogens is 2. The molecule has 1 aliphatic heterocycles. The molecule has 1 aromatic rings. The maximum atomic E-state index is 7.39. The fourth-order valence-electron chi connectivity index (χ4n) is 1.92. The summed E-state index contributed by atoms with van der Waals surface area (Å²) < 4.78 is 7.23. The minimum Gasteiger partial charge on any atom is -0.377 e. The lowest BCUT2D eigenvalue weighted by atomic mass is 10.2. The number of likely N-dealkylation sites (tertiary alicyclic amines) is 1. The molecule has 1 fully saturated rings. The van der Waals surface area contributed by atoms with Crippen molar-refractivity contribution in [2.45, 2.75) is 12.1 Å². The van der Waals surface area contributed by atoms with Gasteiger partial charge in [0.05, 0.1) is 12.1 Å². The number of nitrogens with one attached hydrogen (secondary N) is 1. The summed E-state index contributed by atoms with van der Waals surface area (Å²) in [6.07, 6.45) is 3.68. The van der Waals surface area contributed by atoms with Crippen LogP contribution in [0.5, 0.6) is 0 Å². The van der Waals surface area contributed by atoms with Crippen molar-refractivity contribution in [3.05, 3.63) is 18.5 Å². The van der Waals surface area contributed by atoms with Crippen LogP contribution in [0.4, 0.5) is 0 Å². The van der Waals surface area contributed by atoms with Crippen molar-refractivity contribution in [3.63, 3.8) is 0 Å². The summed E-state index contributed by atoms with van der Waals surface area (Å²) in [5.41, 5.74) is 5.45. The lowest BCUT2D eigenvalue weighted by molar-refractivity contribution is 0.0804. The van der Waals surface area contributed by atoms with E-state index in [-0.39, 0.29) is 18.1 Å². The van der Waals surface area contributed by atoms with E-state index in [0.717, 1.165) is 0 Å². The maximum Gasteiger partial charge on any atom is 0.188 e. The molecule has 0 saturated carbocycles. The van der Waals surface area contributed by atoms with Crippen molar-refractivity contribution in [2.24, 2.45) is 5.73 Å². The fraction of sp³-hybridized carbons (Fsp3) is 0.556. The first-order chi connectivity index (χ1) is 7.22. The van der Waals surface area contributed by atoms with E-state index >= 15 is 0 Å². The van der Waals surface area contributed by atoms with E-state index in [2.05, 4.69) is 5.10 Å². The summed E-state index contributed by atoms with van der Waals surface area (Å²) in [5, 5.41) is 11.6. The average Bonchev–Trinajstić information content (AvgIpc) is 2.86. The molecular formula is C9H15N5O. The number of nitrogens with two attached hydrogens (primary N) is 1. The topological polar surface area (TPSA) is 80.2 Å². The van der Waals surface area contributed by atoms with Gasteiger partial charge in [-0.25, -0.2) is 0 Å². The molecule has 0 spiro atoms. The van der Waals surface area contributed by atoms with Gasteiger partial charge in [-0.05, 0) is 6.07 Å². The Morgan fingerprint density at radius 1 is 1.60 bits per heavy atom. The Balaban J connectivity index is 2.15. The van der Waals surface area contributed by atoms with E-state index in [1.807, 2.05) is 16.9 Å². The summed E-state index contributed by atoms with van der Waals surface area (Å²) >= 11 is 0. The predicted molar refractivity (Wildman–Crippen MR) is 55.5 cm³/mol. The van der Waals surface area contributed by atoms with Crippen molar-refractivity contribution in [3.8, 4) is 0 Å². The first-order valence-corrected chi connectivity index (χ1v) is 4.83. The van der Waals surface area contributed by atoms with E-state index in [1.54, 1.807) is 18.2 Å². The van der Waals surface area contributed by atoms with Gasteiger partial charge in [-0.15, -0.1) is 0 Å². The molecule has 2 atom stereocenters. The van der Waals surface area contributed by atoms with E-state index in [1.165, 1.54) is 0 Å². The van der Waals surface area contributed by atoms with Crippen molar-refractivity contribution in [1.29, 1.82) is 5.41 Å². The smallest absolute Gasteiger partial charge is 0.188 e. The number of ether oxygens (including phenoxy) is 1. The van der Waals surface area contributed by atoms with Gasteiger partial charge in [0.15, 0.2) is 5.96 Å². The zero-order chi connectivity index (χ0) is 10.8. The molecule has 1 aliphatic rings. The van der Waals surface area contributed by atoms with Crippen molar-refractivity contribution >= 4 is 5.96 Å². The van der Waals surface area contributed by atoms with Gasteiger partial charge >= 0.3 is 0 Å². The Kier molecular flexibility index (Phi) is 2.59. The molecule has 15 heavy (non-hydrogen) atoms. The lowest BCUT2D eigenvalue weighted by Gasteiger charge is -2.16. The molecule has 6 heteroatoms. The van der Waals surface area contributed by atoms with Gasteiger partial charge in [-0.2, -0.15) is 5.10 Å². The Morgan fingerprint density at radius 2 is 2.40 bits per heavy atom. The molecule has 2 rings (SSSR count). The largest absolute Gasteiger partial charge is 0.377 e. The van der Waals surface area contributed by atoms with Crippen LogP contribution < -0.4 is 5.73 Å². The molecule has 6 nitrogen and oxygen atoms in total. The van der Waals surface area contributed by atoms with Crippen molar-refractivity contribution in [1.82, 2.24) is 14.7 Å². The highest BCUT2D eigenvalue weighted by Gasteiger charge is 2.35. The van der Waals surface area contributed by atoms with Crippen LogP contribution in [0.2, 0.25) is 0 Å². The zero-order valence-electron chi connectivity index (χ0n) is 8.63. The Morgan fingerprint density at radius 3 is 2.93 bits per heavy atom. The average molecular weight is 209 g/mol. The molecule has 0 amide bonds. The molecule has 0 unspecified atom stereocenters. The van der Waals surface area contributed by atoms with Gasteiger partial charge in [0.25, 0.3) is 0 Å². The van der Waals surface area contributed by atoms with E-state index in [4.69, 9.17) is 15.9 Å². The van der Waals surface area contributed by atoms with Crippen LogP contribution >= 0.6 is 0 Å². The van der Waals surface area contributed by atoms with Gasteiger partial charge in [0, 0.05) is 32.6 Å². The molecule has 0 radical (unpaired) electrons. The van der Waals surface area contributed by atoms with Gasteiger partial charge in [0.1, 0.15) is 0 Å². The highest BCUT2D eigenvalue weighted by molar-refractivity contribution is 5.75. The maximum absolute atomic E-state index is 7.39. The summed E-state index contributed by atoms with van der Waals surface area (Å²) in [5.74, 6) is 0.0895. The highest BCUT2D eigenvalue weighted by Crippen LogP contribution is 2.22. The second kappa shape index (κ2) is 3.90. The molecule has 1 saturated heterocycles. The standard InChI is InChI=1S/C9H15N5O/c1-15-8-6-13(9(10)11)5-7(8)14-4-2-3-12-14/h2-4,7-8H,5-6H2,1H3,(H3,10,11)/t7-,8+/m1/s1. The number of nitrogens with zero attached hydrogens (tertiary/aromatic N) is 3. The first kappa shape index (κ1) is 9.97. The number of hydrogen-bond donors (Lipinski definition) is 2. The molecule has 1 aromatic heterocycles. The van der Waals surface area contributed by atoms with Crippen LogP contribution in [-0.4, -0.2) is 46.9 Å². The Hall–Kier alpha value is -1.56. The first-order valence-electron chi connectivity index (χ1n) is 4.83. The Labute approximate surface area is 88.1 Å². The fourth-order valence-corrected chi connectivity index (χ4v) is 1.92. The number of guanidine groups is 1. The van der Waals surface area contributed by atoms with E-state index < -0.39 is 0 Å². The van der Waals surface area contributed by atoms with Crippen molar-refractivity contribution in [2.75, 3.05) is 20.2 Å². The van der Waals surface area contributed by atoms with Crippen LogP contribution in [0.1, 0.15) is 6.04 Å². The number of methoxy groups -OCH3 is 1. The summed E-state index contributed by atoms with van der Waals surface area (Å²) in [6.45, 7) is 1.33. The zero-order valence-corrected chi connectivity index (χ0v) is 8.63. The monoisotopic (exact) mass is 209 g/mol. The summed E-state index contributed by atoms with van der Waals surface area (Å²) in [6, 6.07) is 2.01. The van der Waals surface area contributed by atoms with Crippen molar-refractivity contribution < 1.29 is 4.74 Å². The predicted octanol–water partition coefficient (Wildman–Crippen LogP) is -0.352. The van der Waals surface area contributed by atoms with E-state index in [9.17, 15) is 0 Å². The van der Waals surface area contributed by atoms with Gasteiger partial charge in [-0.3, -0.25) is 10.1 Å². The highest BCUT2D eigenvalue weighted by atomic mass is 16.5. The third kappa shape index (κ3) is 1.80. The van der Waals surface area contributed by atoms with Crippen LogP contribution in [-0.2, 0) is 4.74 Å².